The number of ether oxygens (including phenoxy) is 1. The first-order valence-electron chi connectivity index (χ1n) is 10.5. The Morgan fingerprint density at radius 2 is 2.09 bits per heavy atom. The Balaban J connectivity index is 1.42. The van der Waals surface area contributed by atoms with Crippen molar-refractivity contribution in [3.63, 3.8) is 0 Å². The third kappa shape index (κ3) is 4.82. The summed E-state index contributed by atoms with van der Waals surface area (Å²) < 4.78 is 19.0. The van der Waals surface area contributed by atoms with E-state index in [1.54, 1.807) is 12.3 Å². The maximum atomic E-state index is 13.4. The van der Waals surface area contributed by atoms with Crippen molar-refractivity contribution in [3.8, 4) is 17.1 Å². The molecule has 1 aromatic carbocycles. The monoisotopic (exact) mass is 486 g/mol. The van der Waals surface area contributed by atoms with E-state index in [-0.39, 0.29) is 17.2 Å². The summed E-state index contributed by atoms with van der Waals surface area (Å²) in [5, 5.41) is 9.92. The number of pyridine rings is 1. The molecule has 0 amide bonds. The van der Waals surface area contributed by atoms with E-state index in [2.05, 4.69) is 30.6 Å². The Morgan fingerprint density at radius 1 is 1.24 bits per heavy atom. The number of rotatable bonds is 6. The van der Waals surface area contributed by atoms with Crippen LogP contribution in [0.15, 0.2) is 40.6 Å². The molecule has 33 heavy (non-hydrogen) atoms. The average Bonchev–Trinajstić information content (AvgIpc) is 3.28. The van der Waals surface area contributed by atoms with Gasteiger partial charge in [0.05, 0.1) is 10.4 Å². The van der Waals surface area contributed by atoms with Crippen molar-refractivity contribution in [1.29, 1.82) is 0 Å². The molecule has 1 aliphatic rings. The predicted octanol–water partition coefficient (Wildman–Crippen LogP) is 3.98. The molecule has 1 fully saturated rings. The Labute approximate surface area is 197 Å². The van der Waals surface area contributed by atoms with Crippen molar-refractivity contribution >= 4 is 39.0 Å². The average molecular weight is 487 g/mol. The number of nitrogens with zero attached hydrogens (tertiary/aromatic N) is 3. The highest BCUT2D eigenvalue weighted by molar-refractivity contribution is 7.14. The first-order valence-corrected chi connectivity index (χ1v) is 11.7. The van der Waals surface area contributed by atoms with E-state index >= 15 is 0 Å². The fourth-order valence-electron chi connectivity index (χ4n) is 3.68. The zero-order valence-corrected chi connectivity index (χ0v) is 19.0. The molecular formula is C22H20ClFN6O2S. The molecule has 8 nitrogen and oxygen atoms in total. The molecule has 3 N–H and O–H groups in total. The molecule has 0 spiro atoms. The van der Waals surface area contributed by atoms with Gasteiger partial charge >= 0.3 is 0 Å². The van der Waals surface area contributed by atoms with E-state index in [4.69, 9.17) is 16.3 Å². The summed E-state index contributed by atoms with van der Waals surface area (Å²) in [5.41, 5.74) is 1.31. The van der Waals surface area contributed by atoms with Gasteiger partial charge in [-0.2, -0.15) is 0 Å². The van der Waals surface area contributed by atoms with Gasteiger partial charge in [0.1, 0.15) is 40.9 Å². The van der Waals surface area contributed by atoms with Crippen LogP contribution in [-0.2, 0) is 6.61 Å². The highest BCUT2D eigenvalue weighted by atomic mass is 35.5. The third-order valence-corrected chi connectivity index (χ3v) is 6.42. The molecule has 0 bridgehead atoms. The van der Waals surface area contributed by atoms with Gasteiger partial charge in [0, 0.05) is 23.7 Å². The van der Waals surface area contributed by atoms with Crippen LogP contribution in [0.25, 0.3) is 22.3 Å². The second kappa shape index (κ2) is 9.42. The summed E-state index contributed by atoms with van der Waals surface area (Å²) >= 11 is 7.30. The van der Waals surface area contributed by atoms with Gasteiger partial charge in [-0.25, -0.2) is 14.4 Å². The number of hydrogen-bond donors (Lipinski definition) is 3. The molecule has 0 atom stereocenters. The standard InChI is InChI=1S/C22H20ClFN6O2S/c23-15-9-13(1-2-16(15)24)32-10-18-29-19-14(21(31)30-18)5-8-26-20(19)17-11-33-22(28-17)27-12-3-6-25-7-4-12/h1-2,5,8-9,11-12,25H,3-4,6-7,10H2,(H,27,28)(H,29,30,31). The van der Waals surface area contributed by atoms with Crippen LogP contribution in [0.5, 0.6) is 5.75 Å². The second-order valence-electron chi connectivity index (χ2n) is 7.64. The predicted molar refractivity (Wildman–Crippen MR) is 127 cm³/mol. The molecule has 4 heterocycles. The van der Waals surface area contributed by atoms with Gasteiger partial charge in [0.15, 0.2) is 5.13 Å². The Hall–Kier alpha value is -3.08. The van der Waals surface area contributed by atoms with Gasteiger partial charge in [-0.3, -0.25) is 9.78 Å². The van der Waals surface area contributed by atoms with E-state index in [0.717, 1.165) is 31.1 Å². The van der Waals surface area contributed by atoms with Crippen LogP contribution in [-0.4, -0.2) is 39.1 Å². The van der Waals surface area contributed by atoms with Crippen LogP contribution in [0.2, 0.25) is 5.02 Å². The van der Waals surface area contributed by atoms with Gasteiger partial charge in [0.2, 0.25) is 0 Å². The van der Waals surface area contributed by atoms with Crippen LogP contribution in [0.4, 0.5) is 9.52 Å². The van der Waals surface area contributed by atoms with Crippen molar-refractivity contribution in [2.45, 2.75) is 25.5 Å². The number of thiazole rings is 1. The normalized spacial score (nSPS) is 14.5. The maximum Gasteiger partial charge on any atom is 0.258 e. The van der Waals surface area contributed by atoms with E-state index in [1.807, 2.05) is 5.38 Å². The zero-order chi connectivity index (χ0) is 22.8. The lowest BCUT2D eigenvalue weighted by Gasteiger charge is -2.23. The molecule has 4 aromatic rings. The fourth-order valence-corrected chi connectivity index (χ4v) is 4.62. The van der Waals surface area contributed by atoms with E-state index < -0.39 is 5.82 Å². The summed E-state index contributed by atoms with van der Waals surface area (Å²) in [7, 11) is 0. The van der Waals surface area contributed by atoms with Crippen LogP contribution < -0.4 is 20.9 Å². The molecule has 0 aliphatic carbocycles. The summed E-state index contributed by atoms with van der Waals surface area (Å²) in [4.78, 5) is 29.1. The van der Waals surface area contributed by atoms with Crippen LogP contribution in [0, 0.1) is 5.82 Å². The first kappa shape index (κ1) is 21.7. The number of nitrogens with one attached hydrogen (secondary N) is 3. The van der Waals surface area contributed by atoms with Crippen molar-refractivity contribution in [2.24, 2.45) is 0 Å². The zero-order valence-electron chi connectivity index (χ0n) is 17.4. The highest BCUT2D eigenvalue weighted by Gasteiger charge is 2.17. The molecule has 3 aromatic heterocycles. The van der Waals surface area contributed by atoms with Gasteiger partial charge < -0.3 is 20.4 Å². The summed E-state index contributed by atoms with van der Waals surface area (Å²) in [6.45, 7) is 1.95. The number of halogens is 2. The van der Waals surface area contributed by atoms with Gasteiger partial charge in [0.25, 0.3) is 5.56 Å². The Bertz CT molecular complexity index is 1350. The third-order valence-electron chi connectivity index (χ3n) is 5.35. The summed E-state index contributed by atoms with van der Waals surface area (Å²) in [6, 6.07) is 6.05. The minimum atomic E-state index is -0.533. The minimum absolute atomic E-state index is 0.0267. The van der Waals surface area contributed by atoms with Gasteiger partial charge in [-0.1, -0.05) is 11.6 Å². The number of H-pyrrole nitrogens is 1. The number of benzene rings is 1. The summed E-state index contributed by atoms with van der Waals surface area (Å²) in [5.74, 6) is 0.142. The fraction of sp³-hybridized carbons (Fsp3) is 0.273. The van der Waals surface area contributed by atoms with Gasteiger partial charge in [-0.15, -0.1) is 11.3 Å². The van der Waals surface area contributed by atoms with Crippen LogP contribution in [0.1, 0.15) is 18.7 Å². The van der Waals surface area contributed by atoms with Crippen molar-refractivity contribution < 1.29 is 9.13 Å². The number of hydrogen-bond acceptors (Lipinski definition) is 8. The minimum Gasteiger partial charge on any atom is -0.486 e. The van der Waals surface area contributed by atoms with Crippen LogP contribution >= 0.6 is 22.9 Å². The molecule has 0 unspecified atom stereocenters. The van der Waals surface area contributed by atoms with Crippen LogP contribution in [0.3, 0.4) is 0 Å². The van der Waals surface area contributed by atoms with Crippen molar-refractivity contribution in [2.75, 3.05) is 18.4 Å². The van der Waals surface area contributed by atoms with Crippen molar-refractivity contribution in [1.82, 2.24) is 25.3 Å². The molecule has 0 saturated carbocycles. The van der Waals surface area contributed by atoms with E-state index in [1.165, 1.54) is 29.5 Å². The molecular weight excluding hydrogens is 467 g/mol. The molecule has 170 valence electrons. The SMILES string of the molecule is O=c1[nH]c(COc2ccc(F)c(Cl)c2)nc2c(-c3csc(NC4CCNCC4)n3)nccc12. The number of piperidine rings is 1. The molecule has 1 saturated heterocycles. The molecule has 11 heteroatoms. The molecule has 5 rings (SSSR count). The maximum absolute atomic E-state index is 13.4. The van der Waals surface area contributed by atoms with Gasteiger partial charge in [-0.05, 0) is 44.1 Å². The number of anilines is 1. The molecule has 1 aliphatic heterocycles. The number of aromatic amines is 1. The smallest absolute Gasteiger partial charge is 0.258 e. The first-order chi connectivity index (χ1) is 16.1. The Kier molecular flexibility index (Phi) is 6.21. The second-order valence-corrected chi connectivity index (χ2v) is 8.90. The number of aromatic nitrogens is 4. The highest BCUT2D eigenvalue weighted by Crippen LogP contribution is 2.28. The topological polar surface area (TPSA) is 105 Å². The lowest BCUT2D eigenvalue weighted by Crippen LogP contribution is -2.35. The number of fused-ring (bicyclic) bond motifs is 1. The lowest BCUT2D eigenvalue weighted by molar-refractivity contribution is 0.295. The lowest BCUT2D eigenvalue weighted by atomic mass is 10.1. The summed E-state index contributed by atoms with van der Waals surface area (Å²) in [6.07, 6.45) is 3.66. The van der Waals surface area contributed by atoms with E-state index in [0.29, 0.717) is 39.9 Å². The Morgan fingerprint density at radius 3 is 2.91 bits per heavy atom. The van der Waals surface area contributed by atoms with Crippen molar-refractivity contribution in [3.05, 3.63) is 62.9 Å². The van der Waals surface area contributed by atoms with E-state index in [9.17, 15) is 9.18 Å². The molecule has 0 radical (unpaired) electrons. The quantitative estimate of drug-likeness (QED) is 0.378. The largest absolute Gasteiger partial charge is 0.486 e.